The van der Waals surface area contributed by atoms with Gasteiger partial charge < -0.3 is 9.80 Å². The smallest absolute Gasteiger partial charge is 0.416 e. The van der Waals surface area contributed by atoms with Gasteiger partial charge in [-0.25, -0.2) is 41.9 Å². The Morgan fingerprint density at radius 1 is 0.641 bits per heavy atom. The van der Waals surface area contributed by atoms with Crippen molar-refractivity contribution in [1.82, 2.24) is 0 Å². The maximum absolute atomic E-state index is 13.3. The van der Waals surface area contributed by atoms with Crippen LogP contribution in [0.4, 0.5) is 28.9 Å². The fourth-order valence-electron chi connectivity index (χ4n) is 4.20. The molecule has 0 atom stereocenters. The van der Waals surface area contributed by atoms with Crippen molar-refractivity contribution in [2.75, 3.05) is 22.9 Å². The zero-order valence-corrected chi connectivity index (χ0v) is 24.5. The Balaban J connectivity index is 0.000000199. The molecule has 2 saturated heterocycles. The Bertz CT molecular complexity index is 1090. The number of halogens is 4. The molecule has 2 fully saturated rings. The molecule has 39 heavy (non-hydrogen) atoms. The molecule has 0 aromatic heterocycles. The van der Waals surface area contributed by atoms with E-state index in [-0.39, 0.29) is 32.8 Å². The summed E-state index contributed by atoms with van der Waals surface area (Å²) in [5.74, 6) is -2.50. The predicted octanol–water partition coefficient (Wildman–Crippen LogP) is 8.12. The number of benzene rings is 2. The van der Waals surface area contributed by atoms with E-state index in [2.05, 4.69) is 36.4 Å². The molecule has 2 aromatic rings. The third-order valence-corrected chi connectivity index (χ3v) is 6.79. The van der Waals surface area contributed by atoms with Gasteiger partial charge in [0.1, 0.15) is 0 Å². The summed E-state index contributed by atoms with van der Waals surface area (Å²) in [6.07, 6.45) is 22.1. The molecule has 2 aliphatic heterocycles. The molecule has 2 nitrogen and oxygen atoms in total. The third-order valence-electron chi connectivity index (χ3n) is 6.79. The van der Waals surface area contributed by atoms with Crippen LogP contribution in [0.3, 0.4) is 0 Å². The minimum absolute atomic E-state index is 0. The van der Waals surface area contributed by atoms with Crippen LogP contribution in [0.2, 0.25) is 0 Å². The van der Waals surface area contributed by atoms with Crippen molar-refractivity contribution < 1.29 is 39.3 Å². The van der Waals surface area contributed by atoms with Crippen LogP contribution in [0.1, 0.15) is 53.4 Å². The van der Waals surface area contributed by atoms with Gasteiger partial charge in [-0.1, -0.05) is 0 Å². The van der Waals surface area contributed by atoms with Gasteiger partial charge in [0.25, 0.3) is 0 Å². The van der Waals surface area contributed by atoms with Gasteiger partial charge >= 0.3 is 21.7 Å². The Labute approximate surface area is 245 Å². The zero-order chi connectivity index (χ0) is 27.8. The molecule has 0 N–H and O–H groups in total. The van der Waals surface area contributed by atoms with Crippen LogP contribution >= 0.6 is 0 Å². The minimum atomic E-state index is -0.649. The van der Waals surface area contributed by atoms with E-state index in [0.717, 1.165) is 38.8 Å². The minimum Gasteiger partial charge on any atom is -0.416 e. The number of nitrogens with zero attached hydrogens (tertiary/aromatic N) is 2. The van der Waals surface area contributed by atoms with E-state index < -0.39 is 23.3 Å². The normalized spacial score (nSPS) is 18.4. The molecule has 0 unspecified atom stereocenters. The fraction of sp³-hybridized carbons (Fsp3) is 0.375. The summed E-state index contributed by atoms with van der Waals surface area (Å²) in [5, 5.41) is 0. The summed E-state index contributed by atoms with van der Waals surface area (Å²) < 4.78 is 51.9. The Morgan fingerprint density at radius 3 is 1.21 bits per heavy atom. The molecule has 7 heteroatoms. The standard InChI is InChI=1S/2C11H12F2N.2C5H5.Ti/c2*1-11(2)5-6-14(11)10-4-3-8(12)7-9(10)13;2*1-2-4-5-3-1;/h2*3-4H,5-6H2,1-2H3;2*1-3H,4H2;/q4*-1;+4. The topological polar surface area (TPSA) is 6.48 Å². The molecule has 0 amide bonds. The molecule has 0 radical (unpaired) electrons. The summed E-state index contributed by atoms with van der Waals surface area (Å²) in [7, 11) is 0. The SMILES string of the molecule is CC1(C)CCN1c1ccc(F)[c-]c1F.CC1(C)CCN1c1ccc(F)[c-]c1F.[C-]1=CC=CC1.[C-]1=CC=CC1.[Ti+4]. The van der Waals surface area contributed by atoms with Crippen LogP contribution in [0.25, 0.3) is 0 Å². The average Bonchev–Trinajstić information content (AvgIpc) is 3.61. The monoisotopic (exact) mass is 570 g/mol. The van der Waals surface area contributed by atoms with Crippen LogP contribution in [0, 0.1) is 47.6 Å². The van der Waals surface area contributed by atoms with E-state index in [9.17, 15) is 17.6 Å². The summed E-state index contributed by atoms with van der Waals surface area (Å²) in [5.41, 5.74) is 0.851. The molecule has 0 spiro atoms. The second kappa shape index (κ2) is 14.7. The van der Waals surface area contributed by atoms with Crippen molar-refractivity contribution in [3.8, 4) is 0 Å². The molecule has 6 rings (SSSR count). The summed E-state index contributed by atoms with van der Waals surface area (Å²) in [6, 6.07) is 9.54. The second-order valence-corrected chi connectivity index (χ2v) is 10.4. The van der Waals surface area contributed by atoms with Crippen LogP contribution < -0.4 is 9.80 Å². The van der Waals surface area contributed by atoms with Gasteiger partial charge in [-0.2, -0.15) is 12.2 Å². The van der Waals surface area contributed by atoms with Crippen LogP contribution in [0.5, 0.6) is 0 Å². The Kier molecular flexibility index (Phi) is 12.3. The van der Waals surface area contributed by atoms with E-state index in [1.54, 1.807) is 0 Å². The van der Waals surface area contributed by atoms with E-state index in [1.165, 1.54) is 24.3 Å². The first-order valence-electron chi connectivity index (χ1n) is 12.7. The van der Waals surface area contributed by atoms with E-state index >= 15 is 0 Å². The second-order valence-electron chi connectivity index (χ2n) is 10.4. The van der Waals surface area contributed by atoms with E-state index in [4.69, 9.17) is 0 Å². The van der Waals surface area contributed by atoms with E-state index in [0.29, 0.717) is 11.4 Å². The summed E-state index contributed by atoms with van der Waals surface area (Å²) in [4.78, 5) is 3.86. The summed E-state index contributed by atoms with van der Waals surface area (Å²) >= 11 is 0. The number of allylic oxidation sites excluding steroid dienone is 8. The van der Waals surface area contributed by atoms with Crippen molar-refractivity contribution in [1.29, 1.82) is 0 Å². The summed E-state index contributed by atoms with van der Waals surface area (Å²) in [6.45, 7) is 9.81. The van der Waals surface area contributed by atoms with Crippen molar-refractivity contribution in [2.24, 2.45) is 0 Å². The molecule has 2 aliphatic carbocycles. The van der Waals surface area contributed by atoms with Gasteiger partial charge in [0.05, 0.1) is 0 Å². The van der Waals surface area contributed by atoms with Gasteiger partial charge in [-0.05, 0) is 51.9 Å². The number of hydrogen-bond donors (Lipinski definition) is 0. The largest absolute Gasteiger partial charge is 4.00 e. The molecule has 0 bridgehead atoms. The molecule has 0 saturated carbocycles. The molecular weight excluding hydrogens is 536 g/mol. The van der Waals surface area contributed by atoms with Crippen LogP contribution in [-0.2, 0) is 21.7 Å². The van der Waals surface area contributed by atoms with Gasteiger partial charge in [0, 0.05) is 47.4 Å². The van der Waals surface area contributed by atoms with Gasteiger partial charge in [-0.15, -0.1) is 49.2 Å². The van der Waals surface area contributed by atoms with Crippen molar-refractivity contribution in [3.05, 3.63) is 108 Å². The first-order chi connectivity index (χ1) is 18.0. The maximum Gasteiger partial charge on any atom is 4.00 e. The van der Waals surface area contributed by atoms with E-state index in [1.807, 2.05) is 61.8 Å². The quantitative estimate of drug-likeness (QED) is 0.205. The molecule has 2 aromatic carbocycles. The van der Waals surface area contributed by atoms with Gasteiger partial charge in [0.15, 0.2) is 0 Å². The Morgan fingerprint density at radius 2 is 1.03 bits per heavy atom. The van der Waals surface area contributed by atoms with Crippen molar-refractivity contribution in [2.45, 2.75) is 64.5 Å². The molecule has 2 heterocycles. The Hall–Kier alpha value is -2.57. The predicted molar refractivity (Wildman–Crippen MR) is 146 cm³/mol. The molecular formula is C32H34F4N2Ti. The van der Waals surface area contributed by atoms with Gasteiger partial charge in [0.2, 0.25) is 0 Å². The van der Waals surface area contributed by atoms with Crippen molar-refractivity contribution in [3.63, 3.8) is 0 Å². The van der Waals surface area contributed by atoms with Gasteiger partial charge in [-0.3, -0.25) is 12.2 Å². The number of anilines is 2. The zero-order valence-electron chi connectivity index (χ0n) is 22.9. The average molecular weight is 570 g/mol. The fourth-order valence-corrected chi connectivity index (χ4v) is 4.20. The number of rotatable bonds is 2. The first-order valence-corrected chi connectivity index (χ1v) is 12.7. The van der Waals surface area contributed by atoms with Crippen LogP contribution in [-0.4, -0.2) is 24.2 Å². The molecule has 204 valence electrons. The molecule has 4 aliphatic rings. The first kappa shape index (κ1) is 32.6. The van der Waals surface area contributed by atoms with Crippen LogP contribution in [0.15, 0.2) is 60.7 Å². The number of hydrogen-bond acceptors (Lipinski definition) is 2. The van der Waals surface area contributed by atoms with Crippen molar-refractivity contribution >= 4 is 11.4 Å². The maximum atomic E-state index is 13.3. The third kappa shape index (κ3) is 9.25.